The summed E-state index contributed by atoms with van der Waals surface area (Å²) in [4.78, 5) is 2.26. The summed E-state index contributed by atoms with van der Waals surface area (Å²) in [5.74, 6) is 0.765. The van der Waals surface area contributed by atoms with Gasteiger partial charge < -0.3 is 24.1 Å². The van der Waals surface area contributed by atoms with Gasteiger partial charge in [-0.1, -0.05) is 12.1 Å². The van der Waals surface area contributed by atoms with Crippen LogP contribution in [0.1, 0.15) is 20.3 Å². The summed E-state index contributed by atoms with van der Waals surface area (Å²) in [6.07, 6.45) is 0.479. The van der Waals surface area contributed by atoms with Gasteiger partial charge in [-0.2, -0.15) is 0 Å². The minimum atomic E-state index is -0.706. The summed E-state index contributed by atoms with van der Waals surface area (Å²) in [6.45, 7) is 9.60. The summed E-state index contributed by atoms with van der Waals surface area (Å²) in [7, 11) is 1.69. The zero-order chi connectivity index (χ0) is 27.0. The van der Waals surface area contributed by atoms with Crippen molar-refractivity contribution in [2.75, 3.05) is 71.5 Å². The summed E-state index contributed by atoms with van der Waals surface area (Å²) >= 11 is 3.16. The van der Waals surface area contributed by atoms with Gasteiger partial charge in [0.1, 0.15) is 29.9 Å². The van der Waals surface area contributed by atoms with Gasteiger partial charge in [0.2, 0.25) is 0 Å². The average Bonchev–Trinajstić information content (AvgIpc) is 3.57. The monoisotopic (exact) mass is 577 g/mol. The number of rotatable bonds is 7. The number of thioether (sulfide) groups is 2. The Bertz CT molecular complexity index is 1230. The van der Waals surface area contributed by atoms with E-state index in [9.17, 15) is 5.11 Å². The Kier molecular flexibility index (Phi) is 7.86. The number of ether oxygens (including phenoxy) is 4. The number of benzene rings is 1. The highest BCUT2D eigenvalue weighted by Gasteiger charge is 2.75. The second-order valence-electron chi connectivity index (χ2n) is 9.69. The maximum atomic E-state index is 9.84. The van der Waals surface area contributed by atoms with Crippen molar-refractivity contribution in [2.45, 2.75) is 30.6 Å². The number of aliphatic hydroxyl groups excluding tert-OH is 1. The van der Waals surface area contributed by atoms with Gasteiger partial charge in [0.05, 0.1) is 63.4 Å². The van der Waals surface area contributed by atoms with Gasteiger partial charge in [0, 0.05) is 47.1 Å². The van der Waals surface area contributed by atoms with Crippen LogP contribution in [0, 0.1) is 0 Å². The molecule has 39 heavy (non-hydrogen) atoms. The molecular formula is C25H35N7O5S2+2. The first-order chi connectivity index (χ1) is 19.1. The molecule has 12 nitrogen and oxygen atoms in total. The highest BCUT2D eigenvalue weighted by molar-refractivity contribution is 8.30. The van der Waals surface area contributed by atoms with Crippen LogP contribution in [0.15, 0.2) is 34.5 Å². The van der Waals surface area contributed by atoms with Crippen molar-refractivity contribution in [3.8, 4) is 5.75 Å². The highest BCUT2D eigenvalue weighted by Crippen LogP contribution is 2.52. The summed E-state index contributed by atoms with van der Waals surface area (Å²) in [5.41, 5.74) is 2.82. The van der Waals surface area contributed by atoms with E-state index >= 15 is 0 Å². The van der Waals surface area contributed by atoms with Crippen molar-refractivity contribution in [3.05, 3.63) is 24.3 Å². The average molecular weight is 578 g/mol. The van der Waals surface area contributed by atoms with Crippen LogP contribution < -0.4 is 9.75 Å². The summed E-state index contributed by atoms with van der Waals surface area (Å²) in [6, 6.07) is 8.27. The molecule has 1 aromatic rings. The van der Waals surface area contributed by atoms with E-state index in [-0.39, 0.29) is 12.6 Å². The fraction of sp³-hybridized carbons (Fsp3) is 0.600. The van der Waals surface area contributed by atoms with Crippen molar-refractivity contribution >= 4 is 51.0 Å². The fourth-order valence-corrected chi connectivity index (χ4v) is 7.94. The van der Waals surface area contributed by atoms with Crippen molar-refractivity contribution in [1.82, 2.24) is 9.91 Å². The van der Waals surface area contributed by atoms with E-state index in [0.717, 1.165) is 47.7 Å². The van der Waals surface area contributed by atoms with Gasteiger partial charge in [0.15, 0.2) is 0 Å². The van der Waals surface area contributed by atoms with Crippen LogP contribution in [0.4, 0.5) is 5.69 Å². The lowest BCUT2D eigenvalue weighted by Gasteiger charge is -2.37. The molecule has 2 unspecified atom stereocenters. The van der Waals surface area contributed by atoms with Crippen molar-refractivity contribution in [1.29, 1.82) is 0 Å². The molecule has 5 aliphatic heterocycles. The van der Waals surface area contributed by atoms with Crippen molar-refractivity contribution in [2.24, 2.45) is 10.2 Å². The first-order valence-corrected chi connectivity index (χ1v) is 14.9. The minimum absolute atomic E-state index is 0.0249. The second kappa shape index (κ2) is 11.4. The first kappa shape index (κ1) is 27.0. The third-order valence-electron chi connectivity index (χ3n) is 7.31. The van der Waals surface area contributed by atoms with E-state index in [1.165, 1.54) is 0 Å². The van der Waals surface area contributed by atoms with Gasteiger partial charge in [-0.15, -0.1) is 0 Å². The number of aliphatic hydroxyl groups is 1. The number of hydrogen-bond acceptors (Lipinski definition) is 12. The quantitative estimate of drug-likeness (QED) is 0.479. The number of nitrogens with zero attached hydrogens (tertiary/aromatic N) is 7. The van der Waals surface area contributed by atoms with Crippen LogP contribution in [-0.2, 0) is 14.2 Å². The van der Waals surface area contributed by atoms with Gasteiger partial charge >= 0.3 is 9.56 Å². The van der Waals surface area contributed by atoms with Crippen LogP contribution in [0.5, 0.6) is 5.75 Å². The van der Waals surface area contributed by atoms with E-state index in [0.29, 0.717) is 44.8 Å². The largest absolute Gasteiger partial charge is 0.524 e. The molecular weight excluding hydrogens is 542 g/mol. The molecule has 1 N–H and O–H groups in total. The molecule has 0 saturated carbocycles. The lowest BCUT2D eigenvalue weighted by Crippen LogP contribution is -2.51. The van der Waals surface area contributed by atoms with Crippen LogP contribution in [0.2, 0.25) is 0 Å². The predicted octanol–water partition coefficient (Wildman–Crippen LogP) is 1.41. The number of amidine groups is 1. The normalized spacial score (nSPS) is 27.4. The fourth-order valence-electron chi connectivity index (χ4n) is 5.21. The Morgan fingerprint density at radius 1 is 1.13 bits per heavy atom. The molecule has 5 aliphatic rings. The molecule has 210 valence electrons. The Morgan fingerprint density at radius 2 is 1.92 bits per heavy atom. The van der Waals surface area contributed by atoms with Crippen LogP contribution in [-0.4, -0.2) is 123 Å². The zero-order valence-corrected chi connectivity index (χ0v) is 24.1. The maximum Gasteiger partial charge on any atom is 0.524 e. The predicted molar refractivity (Wildman–Crippen MR) is 151 cm³/mol. The Hall–Kier alpha value is -2.20. The van der Waals surface area contributed by atoms with Crippen LogP contribution in [0.25, 0.3) is 0 Å². The van der Waals surface area contributed by atoms with E-state index < -0.39 is 4.33 Å². The lowest BCUT2D eigenvalue weighted by molar-refractivity contribution is -0.752. The molecule has 0 aromatic heterocycles. The molecule has 1 aromatic carbocycles. The molecule has 1 spiro atoms. The van der Waals surface area contributed by atoms with E-state index in [4.69, 9.17) is 29.2 Å². The molecule has 0 bridgehead atoms. The number of hydrazone groups is 2. The molecule has 2 atom stereocenters. The Labute approximate surface area is 236 Å². The molecule has 0 radical (unpaired) electrons. The van der Waals surface area contributed by atoms with Gasteiger partial charge in [-0.05, 0) is 19.1 Å². The van der Waals surface area contributed by atoms with Crippen LogP contribution >= 0.6 is 23.5 Å². The number of para-hydroxylation sites is 2. The number of morpholine rings is 2. The number of hydrazine groups is 1. The Balaban J connectivity index is 1.32. The first-order valence-electron chi connectivity index (χ1n) is 13.2. The van der Waals surface area contributed by atoms with Crippen LogP contribution in [0.3, 0.4) is 0 Å². The molecule has 0 amide bonds. The third kappa shape index (κ3) is 4.85. The SMILES string of the molecule is COc1ccccc1N(C1=N[N+]2=C(C)C(CCO)=[N+]3N=C(OCN4CCOCC4C)SC23S1)N1CCOCC1. The van der Waals surface area contributed by atoms with Crippen molar-refractivity contribution in [3.63, 3.8) is 0 Å². The summed E-state index contributed by atoms with van der Waals surface area (Å²) in [5, 5.41) is 25.7. The Morgan fingerprint density at radius 3 is 2.69 bits per heavy atom. The standard InChI is InChI=1S/C25H35N7O5S2/c1-18-16-36-13-9-28(18)17-37-24-27-32-20(8-12-33)19(2)31-25(32,39-24)38-23(26-31)30(29-10-14-35-15-11-29)21-6-4-5-7-22(21)34-3/h4-7,18,33H,8-17H2,1-3H3/q+2. The molecule has 5 heterocycles. The third-order valence-corrected chi connectivity index (χ3v) is 9.85. The van der Waals surface area contributed by atoms with Crippen molar-refractivity contribution < 1.29 is 33.4 Å². The molecule has 2 fully saturated rings. The molecule has 14 heteroatoms. The van der Waals surface area contributed by atoms with Gasteiger partial charge in [-0.3, -0.25) is 4.90 Å². The number of anilines is 1. The smallest absolute Gasteiger partial charge is 0.495 e. The summed E-state index contributed by atoms with van der Waals surface area (Å²) < 4.78 is 26.5. The number of hydrogen-bond donors (Lipinski definition) is 1. The highest BCUT2D eigenvalue weighted by atomic mass is 32.2. The van der Waals surface area contributed by atoms with E-state index in [1.807, 2.05) is 40.6 Å². The van der Waals surface area contributed by atoms with E-state index in [1.54, 1.807) is 30.6 Å². The molecule has 0 aliphatic carbocycles. The minimum Gasteiger partial charge on any atom is -0.495 e. The number of methoxy groups -OCH3 is 1. The van der Waals surface area contributed by atoms with Gasteiger partial charge in [0.25, 0.3) is 16.6 Å². The zero-order valence-electron chi connectivity index (χ0n) is 22.5. The second-order valence-corrected chi connectivity index (χ2v) is 12.2. The molecule has 6 rings (SSSR count). The molecule has 2 saturated heterocycles. The topological polar surface area (TPSA) is 97.6 Å². The lowest BCUT2D eigenvalue weighted by atomic mass is 10.2. The van der Waals surface area contributed by atoms with E-state index in [2.05, 4.69) is 21.8 Å². The van der Waals surface area contributed by atoms with Gasteiger partial charge in [-0.25, -0.2) is 10.0 Å². The maximum absolute atomic E-state index is 9.84.